The average Bonchev–Trinajstić information content (AvgIpc) is 2.53. The lowest BCUT2D eigenvalue weighted by atomic mass is 10.0. The topological polar surface area (TPSA) is 45.7 Å². The highest BCUT2D eigenvalue weighted by Gasteiger charge is 2.04. The summed E-state index contributed by atoms with van der Waals surface area (Å²) in [6, 6.07) is 0. The fourth-order valence-electron chi connectivity index (χ4n) is 2.59. The highest BCUT2D eigenvalue weighted by molar-refractivity contribution is 14.0. The molecule has 1 rings (SSSR count). The molecule has 0 aliphatic carbocycles. The van der Waals surface area contributed by atoms with E-state index in [2.05, 4.69) is 35.5 Å². The standard InChI is InChI=1S/C18H35N3O.HI/c1-16(2)8-6-4-5-7-12-20-18(19-3)21-13-9-17-10-14-22-15-11-17;/h10,16H,4-9,11-15H2,1-3H3,(H2,19,20,21);1H. The summed E-state index contributed by atoms with van der Waals surface area (Å²) in [6.45, 7) is 8.20. The van der Waals surface area contributed by atoms with E-state index in [1.807, 2.05) is 7.05 Å². The van der Waals surface area contributed by atoms with Gasteiger partial charge in [-0.3, -0.25) is 4.99 Å². The first kappa shape index (κ1) is 22.7. The van der Waals surface area contributed by atoms with Crippen LogP contribution in [0.15, 0.2) is 16.6 Å². The van der Waals surface area contributed by atoms with Crippen molar-refractivity contribution < 1.29 is 4.74 Å². The molecule has 0 aromatic heterocycles. The zero-order chi connectivity index (χ0) is 16.0. The molecule has 1 heterocycles. The van der Waals surface area contributed by atoms with Crippen LogP contribution in [-0.4, -0.2) is 39.3 Å². The van der Waals surface area contributed by atoms with Gasteiger partial charge in [-0.25, -0.2) is 0 Å². The van der Waals surface area contributed by atoms with Crippen LogP contribution in [0.2, 0.25) is 0 Å². The molecule has 1 aliphatic heterocycles. The average molecular weight is 437 g/mol. The Labute approximate surface area is 160 Å². The molecule has 0 saturated heterocycles. The van der Waals surface area contributed by atoms with Crippen LogP contribution < -0.4 is 10.6 Å². The van der Waals surface area contributed by atoms with E-state index in [0.29, 0.717) is 0 Å². The molecule has 0 saturated carbocycles. The maximum Gasteiger partial charge on any atom is 0.190 e. The van der Waals surface area contributed by atoms with Crippen LogP contribution >= 0.6 is 24.0 Å². The minimum Gasteiger partial charge on any atom is -0.377 e. The summed E-state index contributed by atoms with van der Waals surface area (Å²) in [4.78, 5) is 4.28. The van der Waals surface area contributed by atoms with Crippen LogP contribution in [0.1, 0.15) is 58.8 Å². The summed E-state index contributed by atoms with van der Waals surface area (Å²) >= 11 is 0. The Kier molecular flexibility index (Phi) is 15.0. The van der Waals surface area contributed by atoms with E-state index >= 15 is 0 Å². The first-order chi connectivity index (χ1) is 10.7. The van der Waals surface area contributed by atoms with Crippen molar-refractivity contribution in [3.8, 4) is 0 Å². The summed E-state index contributed by atoms with van der Waals surface area (Å²) in [5.74, 6) is 1.77. The number of rotatable bonds is 10. The van der Waals surface area contributed by atoms with E-state index in [4.69, 9.17) is 4.74 Å². The van der Waals surface area contributed by atoms with Gasteiger partial charge < -0.3 is 15.4 Å². The molecule has 0 spiro atoms. The van der Waals surface area contributed by atoms with Crippen molar-refractivity contribution in [1.82, 2.24) is 10.6 Å². The zero-order valence-electron chi connectivity index (χ0n) is 15.2. The summed E-state index contributed by atoms with van der Waals surface area (Å²) < 4.78 is 5.32. The van der Waals surface area contributed by atoms with Crippen molar-refractivity contribution in [2.75, 3.05) is 33.4 Å². The minimum absolute atomic E-state index is 0. The second-order valence-corrected chi connectivity index (χ2v) is 6.46. The van der Waals surface area contributed by atoms with Gasteiger partial charge >= 0.3 is 0 Å². The number of hydrogen-bond acceptors (Lipinski definition) is 2. The Bertz CT molecular complexity index is 343. The summed E-state index contributed by atoms with van der Waals surface area (Å²) in [5, 5.41) is 6.79. The summed E-state index contributed by atoms with van der Waals surface area (Å²) in [7, 11) is 1.84. The van der Waals surface area contributed by atoms with E-state index < -0.39 is 0 Å². The number of nitrogens with zero attached hydrogens (tertiary/aromatic N) is 1. The lowest BCUT2D eigenvalue weighted by Gasteiger charge is -2.15. The number of unbranched alkanes of at least 4 members (excludes halogenated alkanes) is 3. The number of nitrogens with one attached hydrogen (secondary N) is 2. The van der Waals surface area contributed by atoms with Gasteiger partial charge in [-0.15, -0.1) is 24.0 Å². The molecular formula is C18H36IN3O. The van der Waals surface area contributed by atoms with Crippen LogP contribution in [0, 0.1) is 5.92 Å². The molecule has 0 fully saturated rings. The summed E-state index contributed by atoms with van der Waals surface area (Å²) in [6.07, 6.45) is 11.0. The molecule has 2 N–H and O–H groups in total. The van der Waals surface area contributed by atoms with Gasteiger partial charge in [0.05, 0.1) is 13.2 Å². The van der Waals surface area contributed by atoms with Crippen molar-refractivity contribution in [2.24, 2.45) is 10.9 Å². The molecule has 136 valence electrons. The first-order valence-electron chi connectivity index (χ1n) is 8.92. The van der Waals surface area contributed by atoms with E-state index in [-0.39, 0.29) is 24.0 Å². The Morgan fingerprint density at radius 2 is 1.91 bits per heavy atom. The Hall–Kier alpha value is -0.300. The molecule has 0 atom stereocenters. The van der Waals surface area contributed by atoms with Gasteiger partial charge in [0.1, 0.15) is 0 Å². The van der Waals surface area contributed by atoms with Crippen LogP contribution in [0.4, 0.5) is 0 Å². The van der Waals surface area contributed by atoms with Gasteiger partial charge in [-0.05, 0) is 25.2 Å². The highest BCUT2D eigenvalue weighted by Crippen LogP contribution is 2.10. The van der Waals surface area contributed by atoms with Gasteiger partial charge in [0, 0.05) is 20.1 Å². The van der Waals surface area contributed by atoms with E-state index in [1.54, 1.807) is 0 Å². The molecule has 23 heavy (non-hydrogen) atoms. The quantitative estimate of drug-likeness (QED) is 0.178. The smallest absolute Gasteiger partial charge is 0.190 e. The normalized spacial score (nSPS) is 15.1. The van der Waals surface area contributed by atoms with Crippen molar-refractivity contribution in [1.29, 1.82) is 0 Å². The Balaban J connectivity index is 0.00000484. The van der Waals surface area contributed by atoms with E-state index in [9.17, 15) is 0 Å². The third-order valence-corrected chi connectivity index (χ3v) is 4.02. The molecular weight excluding hydrogens is 401 g/mol. The molecule has 0 unspecified atom stereocenters. The minimum atomic E-state index is 0. The van der Waals surface area contributed by atoms with Gasteiger partial charge in [-0.2, -0.15) is 0 Å². The predicted molar refractivity (Wildman–Crippen MR) is 111 cm³/mol. The molecule has 1 aliphatic rings. The third kappa shape index (κ3) is 12.8. The van der Waals surface area contributed by atoms with Gasteiger partial charge in [0.25, 0.3) is 0 Å². The van der Waals surface area contributed by atoms with Crippen LogP contribution in [0.5, 0.6) is 0 Å². The lowest BCUT2D eigenvalue weighted by molar-refractivity contribution is 0.153. The Morgan fingerprint density at radius 1 is 1.17 bits per heavy atom. The molecule has 5 heteroatoms. The van der Waals surface area contributed by atoms with Gasteiger partial charge in [0.2, 0.25) is 0 Å². The lowest BCUT2D eigenvalue weighted by Crippen LogP contribution is -2.38. The number of ether oxygens (including phenoxy) is 1. The fraction of sp³-hybridized carbons (Fsp3) is 0.833. The number of halogens is 1. The molecule has 0 aromatic rings. The van der Waals surface area contributed by atoms with Crippen LogP contribution in [0.3, 0.4) is 0 Å². The second-order valence-electron chi connectivity index (χ2n) is 6.46. The fourth-order valence-corrected chi connectivity index (χ4v) is 2.59. The van der Waals surface area contributed by atoms with Crippen LogP contribution in [0.25, 0.3) is 0 Å². The molecule has 0 bridgehead atoms. The molecule has 0 radical (unpaired) electrons. The third-order valence-electron chi connectivity index (χ3n) is 4.02. The maximum atomic E-state index is 5.32. The van der Waals surface area contributed by atoms with E-state index in [1.165, 1.54) is 37.7 Å². The number of hydrogen-bond donors (Lipinski definition) is 2. The Morgan fingerprint density at radius 3 is 2.57 bits per heavy atom. The summed E-state index contributed by atoms with van der Waals surface area (Å²) in [5.41, 5.74) is 1.50. The molecule has 0 aromatic carbocycles. The largest absolute Gasteiger partial charge is 0.377 e. The van der Waals surface area contributed by atoms with Crippen molar-refractivity contribution >= 4 is 29.9 Å². The SMILES string of the molecule is CN=C(NCCCCCCC(C)C)NCCC1=CCOCC1.I. The highest BCUT2D eigenvalue weighted by atomic mass is 127. The molecule has 4 nitrogen and oxygen atoms in total. The first-order valence-corrected chi connectivity index (χ1v) is 8.92. The number of aliphatic imine (C=N–C) groups is 1. The maximum absolute atomic E-state index is 5.32. The predicted octanol–water partition coefficient (Wildman–Crippen LogP) is 4.11. The zero-order valence-corrected chi connectivity index (χ0v) is 17.5. The molecule has 0 amide bonds. The van der Waals surface area contributed by atoms with Gasteiger partial charge in [0.15, 0.2) is 5.96 Å². The second kappa shape index (κ2) is 15.2. The van der Waals surface area contributed by atoms with Crippen molar-refractivity contribution in [3.05, 3.63) is 11.6 Å². The van der Waals surface area contributed by atoms with Crippen molar-refractivity contribution in [2.45, 2.75) is 58.8 Å². The van der Waals surface area contributed by atoms with Crippen LogP contribution in [-0.2, 0) is 4.74 Å². The van der Waals surface area contributed by atoms with Gasteiger partial charge in [-0.1, -0.05) is 51.2 Å². The monoisotopic (exact) mass is 437 g/mol. The number of guanidine groups is 1. The van der Waals surface area contributed by atoms with E-state index in [0.717, 1.165) is 51.0 Å². The van der Waals surface area contributed by atoms with Crippen molar-refractivity contribution in [3.63, 3.8) is 0 Å².